The number of pyridine rings is 2. The SMILES string of the molecule is OCc1cc2cccnc2n2c1nc1ccccc12. The Morgan fingerprint density at radius 2 is 1.95 bits per heavy atom. The van der Waals surface area contributed by atoms with E-state index in [1.165, 1.54) is 0 Å². The van der Waals surface area contributed by atoms with Gasteiger partial charge >= 0.3 is 0 Å². The fourth-order valence-electron chi connectivity index (χ4n) is 2.53. The molecule has 19 heavy (non-hydrogen) atoms. The number of hydrogen-bond acceptors (Lipinski definition) is 3. The highest BCUT2D eigenvalue weighted by atomic mass is 16.3. The lowest BCUT2D eigenvalue weighted by molar-refractivity contribution is 0.283. The highest BCUT2D eigenvalue weighted by Crippen LogP contribution is 2.24. The minimum Gasteiger partial charge on any atom is -0.392 e. The average molecular weight is 249 g/mol. The van der Waals surface area contributed by atoms with Gasteiger partial charge < -0.3 is 5.11 Å². The highest BCUT2D eigenvalue weighted by Gasteiger charge is 2.12. The van der Waals surface area contributed by atoms with E-state index < -0.39 is 0 Å². The molecule has 4 rings (SSSR count). The van der Waals surface area contributed by atoms with Gasteiger partial charge in [0.15, 0.2) is 0 Å². The van der Waals surface area contributed by atoms with E-state index in [0.717, 1.165) is 33.3 Å². The maximum Gasteiger partial charge on any atom is 0.146 e. The maximum atomic E-state index is 9.55. The standard InChI is InChI=1S/C15H11N3O/c19-9-11-8-10-4-3-7-16-14(10)18-13-6-2-1-5-12(13)17-15(11)18/h1-8,19H,9H2. The molecule has 0 aliphatic carbocycles. The van der Waals surface area contributed by atoms with Crippen LogP contribution in [0.2, 0.25) is 0 Å². The van der Waals surface area contributed by atoms with Crippen molar-refractivity contribution in [2.75, 3.05) is 0 Å². The van der Waals surface area contributed by atoms with Gasteiger partial charge in [-0.3, -0.25) is 4.40 Å². The van der Waals surface area contributed by atoms with Crippen molar-refractivity contribution >= 4 is 27.7 Å². The second-order valence-corrected chi connectivity index (χ2v) is 4.50. The molecule has 0 aliphatic rings. The molecule has 0 amide bonds. The van der Waals surface area contributed by atoms with Gasteiger partial charge in [0.1, 0.15) is 11.3 Å². The molecule has 1 aromatic carbocycles. The molecular weight excluding hydrogens is 238 g/mol. The number of hydrogen-bond donors (Lipinski definition) is 1. The third-order valence-electron chi connectivity index (χ3n) is 3.38. The normalized spacial score (nSPS) is 11.6. The predicted octanol–water partition coefficient (Wildman–Crippen LogP) is 2.53. The van der Waals surface area contributed by atoms with E-state index >= 15 is 0 Å². The topological polar surface area (TPSA) is 50.4 Å². The fraction of sp³-hybridized carbons (Fsp3) is 0.0667. The molecule has 4 aromatic rings. The van der Waals surface area contributed by atoms with Gasteiger partial charge in [-0.2, -0.15) is 0 Å². The molecule has 3 heterocycles. The van der Waals surface area contributed by atoms with Gasteiger partial charge in [0, 0.05) is 17.1 Å². The van der Waals surface area contributed by atoms with E-state index in [1.54, 1.807) is 6.20 Å². The van der Waals surface area contributed by atoms with E-state index in [2.05, 4.69) is 9.97 Å². The van der Waals surface area contributed by atoms with Gasteiger partial charge in [-0.05, 0) is 30.3 Å². The summed E-state index contributed by atoms with van der Waals surface area (Å²) in [4.78, 5) is 9.05. The predicted molar refractivity (Wildman–Crippen MR) is 73.9 cm³/mol. The van der Waals surface area contributed by atoms with Gasteiger partial charge in [0.2, 0.25) is 0 Å². The lowest BCUT2D eigenvalue weighted by Gasteiger charge is -2.05. The monoisotopic (exact) mass is 249 g/mol. The Morgan fingerprint density at radius 1 is 1.05 bits per heavy atom. The summed E-state index contributed by atoms with van der Waals surface area (Å²) in [6.07, 6.45) is 1.77. The van der Waals surface area contributed by atoms with Crippen LogP contribution in [0.25, 0.3) is 27.7 Å². The molecule has 0 saturated carbocycles. The van der Waals surface area contributed by atoms with Crippen LogP contribution in [0.1, 0.15) is 5.56 Å². The lowest BCUT2D eigenvalue weighted by atomic mass is 10.2. The van der Waals surface area contributed by atoms with Crippen molar-refractivity contribution in [1.82, 2.24) is 14.4 Å². The van der Waals surface area contributed by atoms with Crippen LogP contribution in [0.3, 0.4) is 0 Å². The number of aromatic nitrogens is 3. The van der Waals surface area contributed by atoms with Crippen LogP contribution in [0.5, 0.6) is 0 Å². The van der Waals surface area contributed by atoms with Crippen molar-refractivity contribution in [2.45, 2.75) is 6.61 Å². The van der Waals surface area contributed by atoms with E-state index in [-0.39, 0.29) is 6.61 Å². The van der Waals surface area contributed by atoms with Gasteiger partial charge in [-0.25, -0.2) is 9.97 Å². The summed E-state index contributed by atoms with van der Waals surface area (Å²) in [5, 5.41) is 10.5. The number of fused-ring (bicyclic) bond motifs is 5. The Labute approximate surface area is 109 Å². The number of aliphatic hydroxyl groups is 1. The first kappa shape index (κ1) is 10.5. The number of imidazole rings is 1. The zero-order valence-corrected chi connectivity index (χ0v) is 10.1. The number of nitrogens with zero attached hydrogens (tertiary/aromatic N) is 3. The second kappa shape index (κ2) is 3.76. The summed E-state index contributed by atoms with van der Waals surface area (Å²) in [6, 6.07) is 13.8. The molecule has 4 heteroatoms. The van der Waals surface area contributed by atoms with Gasteiger partial charge in [0.05, 0.1) is 17.6 Å². The Hall–Kier alpha value is -2.46. The van der Waals surface area contributed by atoms with Crippen molar-refractivity contribution in [2.24, 2.45) is 0 Å². The Kier molecular flexibility index (Phi) is 2.07. The maximum absolute atomic E-state index is 9.55. The van der Waals surface area contributed by atoms with E-state index in [0.29, 0.717) is 0 Å². The molecule has 0 unspecified atom stereocenters. The van der Waals surface area contributed by atoms with E-state index in [4.69, 9.17) is 0 Å². The Bertz CT molecular complexity index is 911. The molecular formula is C15H11N3O. The second-order valence-electron chi connectivity index (χ2n) is 4.50. The quantitative estimate of drug-likeness (QED) is 0.564. The van der Waals surface area contributed by atoms with Crippen LogP contribution in [0.4, 0.5) is 0 Å². The first-order valence-corrected chi connectivity index (χ1v) is 6.13. The average Bonchev–Trinajstić information content (AvgIpc) is 2.86. The Balaban J connectivity index is 2.36. The van der Waals surface area contributed by atoms with Crippen molar-refractivity contribution in [1.29, 1.82) is 0 Å². The zero-order chi connectivity index (χ0) is 12.8. The van der Waals surface area contributed by atoms with Crippen molar-refractivity contribution in [3.8, 4) is 0 Å². The first-order chi connectivity index (χ1) is 9.38. The first-order valence-electron chi connectivity index (χ1n) is 6.13. The van der Waals surface area contributed by atoms with Crippen LogP contribution < -0.4 is 0 Å². The minimum atomic E-state index is -0.0301. The molecule has 0 saturated heterocycles. The van der Waals surface area contributed by atoms with Crippen molar-refractivity contribution in [3.05, 3.63) is 54.2 Å². The van der Waals surface area contributed by atoms with E-state index in [9.17, 15) is 5.11 Å². The Morgan fingerprint density at radius 3 is 2.84 bits per heavy atom. The number of benzene rings is 1. The molecule has 1 N–H and O–H groups in total. The number of para-hydroxylation sites is 2. The molecule has 92 valence electrons. The lowest BCUT2D eigenvalue weighted by Crippen LogP contribution is -1.96. The van der Waals surface area contributed by atoms with Gasteiger partial charge in [-0.15, -0.1) is 0 Å². The van der Waals surface area contributed by atoms with Gasteiger partial charge in [0.25, 0.3) is 0 Å². The molecule has 0 radical (unpaired) electrons. The largest absolute Gasteiger partial charge is 0.392 e. The fourth-order valence-corrected chi connectivity index (χ4v) is 2.53. The third kappa shape index (κ3) is 1.37. The molecule has 0 aliphatic heterocycles. The van der Waals surface area contributed by atoms with Crippen molar-refractivity contribution < 1.29 is 5.11 Å². The van der Waals surface area contributed by atoms with Crippen LogP contribution in [-0.2, 0) is 6.61 Å². The molecule has 0 fully saturated rings. The summed E-state index contributed by atoms with van der Waals surface area (Å²) in [7, 11) is 0. The highest BCUT2D eigenvalue weighted by molar-refractivity contribution is 5.90. The molecule has 0 spiro atoms. The summed E-state index contributed by atoms with van der Waals surface area (Å²) < 4.78 is 2.01. The number of rotatable bonds is 1. The summed E-state index contributed by atoms with van der Waals surface area (Å²) in [6.45, 7) is -0.0301. The summed E-state index contributed by atoms with van der Waals surface area (Å²) in [5.41, 5.74) is 4.38. The van der Waals surface area contributed by atoms with Gasteiger partial charge in [-0.1, -0.05) is 12.1 Å². The van der Waals surface area contributed by atoms with Crippen LogP contribution in [0, 0.1) is 0 Å². The molecule has 0 bridgehead atoms. The molecule has 4 nitrogen and oxygen atoms in total. The molecule has 0 atom stereocenters. The molecule has 3 aromatic heterocycles. The van der Waals surface area contributed by atoms with Crippen LogP contribution in [0.15, 0.2) is 48.7 Å². The third-order valence-corrected chi connectivity index (χ3v) is 3.38. The summed E-state index contributed by atoms with van der Waals surface area (Å²) in [5.74, 6) is 0. The smallest absolute Gasteiger partial charge is 0.146 e. The van der Waals surface area contributed by atoms with E-state index in [1.807, 2.05) is 46.9 Å². The number of aliphatic hydroxyl groups excluding tert-OH is 1. The van der Waals surface area contributed by atoms with Crippen LogP contribution in [-0.4, -0.2) is 19.5 Å². The van der Waals surface area contributed by atoms with Crippen LogP contribution >= 0.6 is 0 Å². The zero-order valence-electron chi connectivity index (χ0n) is 10.1. The minimum absolute atomic E-state index is 0.0301. The summed E-state index contributed by atoms with van der Waals surface area (Å²) >= 11 is 0. The van der Waals surface area contributed by atoms with Crippen molar-refractivity contribution in [3.63, 3.8) is 0 Å².